The number of esters is 1. The number of nitrogens with two attached hydrogens (primary N) is 1. The summed E-state index contributed by atoms with van der Waals surface area (Å²) in [4.78, 5) is 16.0. The largest absolute Gasteiger partial charge is 0.461 e. The van der Waals surface area contributed by atoms with Crippen LogP contribution in [0.4, 0.5) is 5.82 Å². The Hall–Kier alpha value is -1.56. The van der Waals surface area contributed by atoms with E-state index in [0.717, 1.165) is 25.3 Å². The van der Waals surface area contributed by atoms with Crippen molar-refractivity contribution in [3.05, 3.63) is 11.5 Å². The highest BCUT2D eigenvalue weighted by molar-refractivity contribution is 5.92. The van der Waals surface area contributed by atoms with E-state index >= 15 is 0 Å². The second kappa shape index (κ2) is 8.58. The molecular formula is C14H25N3O3. The summed E-state index contributed by atoms with van der Waals surface area (Å²) >= 11 is 0. The van der Waals surface area contributed by atoms with Crippen LogP contribution in [0.2, 0.25) is 0 Å². The Morgan fingerprint density at radius 2 is 2.05 bits per heavy atom. The van der Waals surface area contributed by atoms with Crippen molar-refractivity contribution in [2.24, 2.45) is 0 Å². The number of nitrogens with zero attached hydrogens (tertiary/aromatic N) is 2. The number of rotatable bonds is 9. The molecule has 0 fully saturated rings. The van der Waals surface area contributed by atoms with E-state index in [-0.39, 0.29) is 5.69 Å². The van der Waals surface area contributed by atoms with Gasteiger partial charge < -0.3 is 19.8 Å². The Balaban J connectivity index is 2.71. The van der Waals surface area contributed by atoms with Gasteiger partial charge in [-0.2, -0.15) is 0 Å². The molecule has 2 N–H and O–H groups in total. The van der Waals surface area contributed by atoms with Gasteiger partial charge in [0.25, 0.3) is 0 Å². The first-order valence-corrected chi connectivity index (χ1v) is 7.25. The predicted molar refractivity (Wildman–Crippen MR) is 77.7 cm³/mol. The lowest BCUT2D eigenvalue weighted by atomic mass is 10.4. The number of ether oxygens (including phenoxy) is 2. The van der Waals surface area contributed by atoms with Gasteiger partial charge in [0.2, 0.25) is 0 Å². The highest BCUT2D eigenvalue weighted by Crippen LogP contribution is 2.16. The fourth-order valence-electron chi connectivity index (χ4n) is 1.89. The van der Waals surface area contributed by atoms with Gasteiger partial charge in [-0.15, -0.1) is 0 Å². The van der Waals surface area contributed by atoms with Crippen LogP contribution in [0, 0.1) is 0 Å². The molecule has 0 saturated carbocycles. The standard InChI is InChI=1S/C14H25N3O3/c1-4-7-9-19-10-8-17-11(5-2)16-12(13(17)15)14(18)20-6-3/h4-10,15H2,1-3H3. The molecule has 0 radical (unpaired) electrons. The molecule has 0 amide bonds. The molecule has 0 aromatic carbocycles. The van der Waals surface area contributed by atoms with Gasteiger partial charge in [-0.25, -0.2) is 9.78 Å². The number of carbonyl (C=O) groups is 1. The Labute approximate surface area is 120 Å². The van der Waals surface area contributed by atoms with E-state index in [1.54, 1.807) is 6.92 Å². The predicted octanol–water partition coefficient (Wildman–Crippen LogP) is 2.02. The number of aromatic nitrogens is 2. The number of carbonyl (C=O) groups excluding carboxylic acids is 1. The second-order valence-corrected chi connectivity index (χ2v) is 4.45. The minimum Gasteiger partial charge on any atom is -0.461 e. The van der Waals surface area contributed by atoms with Gasteiger partial charge in [0, 0.05) is 19.6 Å². The first kappa shape index (κ1) is 16.5. The maximum absolute atomic E-state index is 11.8. The van der Waals surface area contributed by atoms with E-state index in [2.05, 4.69) is 11.9 Å². The van der Waals surface area contributed by atoms with Crippen molar-refractivity contribution >= 4 is 11.8 Å². The Kier molecular flexibility index (Phi) is 7.08. The van der Waals surface area contributed by atoms with Gasteiger partial charge in [0.15, 0.2) is 5.69 Å². The topological polar surface area (TPSA) is 79.4 Å². The van der Waals surface area contributed by atoms with Crippen LogP contribution in [0.5, 0.6) is 0 Å². The molecular weight excluding hydrogens is 258 g/mol. The van der Waals surface area contributed by atoms with Crippen LogP contribution in [0.3, 0.4) is 0 Å². The molecule has 0 aliphatic heterocycles. The Bertz CT molecular complexity index is 430. The van der Waals surface area contributed by atoms with E-state index in [9.17, 15) is 4.79 Å². The lowest BCUT2D eigenvalue weighted by Gasteiger charge is -2.09. The summed E-state index contributed by atoms with van der Waals surface area (Å²) in [6.07, 6.45) is 2.87. The smallest absolute Gasteiger partial charge is 0.360 e. The summed E-state index contributed by atoms with van der Waals surface area (Å²) in [7, 11) is 0. The van der Waals surface area contributed by atoms with Gasteiger partial charge in [0.1, 0.15) is 11.6 Å². The van der Waals surface area contributed by atoms with E-state index in [1.807, 2.05) is 11.5 Å². The molecule has 6 heteroatoms. The van der Waals surface area contributed by atoms with Crippen LogP contribution < -0.4 is 5.73 Å². The fraction of sp³-hybridized carbons (Fsp3) is 0.714. The maximum atomic E-state index is 11.8. The Morgan fingerprint density at radius 3 is 2.65 bits per heavy atom. The lowest BCUT2D eigenvalue weighted by Crippen LogP contribution is -2.13. The van der Waals surface area contributed by atoms with Gasteiger partial charge in [-0.3, -0.25) is 0 Å². The molecule has 0 unspecified atom stereocenters. The van der Waals surface area contributed by atoms with Crippen LogP contribution in [0.1, 0.15) is 49.9 Å². The number of hydrogen-bond acceptors (Lipinski definition) is 5. The summed E-state index contributed by atoms with van der Waals surface area (Å²) < 4.78 is 12.3. The van der Waals surface area contributed by atoms with E-state index < -0.39 is 5.97 Å². The van der Waals surface area contributed by atoms with Gasteiger partial charge in [0.05, 0.1) is 13.2 Å². The van der Waals surface area contributed by atoms with Crippen molar-refractivity contribution in [2.45, 2.75) is 46.6 Å². The van der Waals surface area contributed by atoms with E-state index in [1.165, 1.54) is 0 Å². The van der Waals surface area contributed by atoms with Crippen LogP contribution in [0.15, 0.2) is 0 Å². The van der Waals surface area contributed by atoms with Crippen LogP contribution in [-0.2, 0) is 22.4 Å². The number of hydrogen-bond donors (Lipinski definition) is 1. The first-order valence-electron chi connectivity index (χ1n) is 7.25. The molecule has 0 aliphatic rings. The molecule has 1 aromatic rings. The minimum atomic E-state index is -0.467. The molecule has 20 heavy (non-hydrogen) atoms. The molecule has 0 saturated heterocycles. The summed E-state index contributed by atoms with van der Waals surface area (Å²) in [6, 6.07) is 0. The molecule has 0 aliphatic carbocycles. The van der Waals surface area contributed by atoms with E-state index in [4.69, 9.17) is 15.2 Å². The summed E-state index contributed by atoms with van der Waals surface area (Å²) in [5.41, 5.74) is 6.20. The van der Waals surface area contributed by atoms with E-state index in [0.29, 0.717) is 32.0 Å². The normalized spacial score (nSPS) is 10.8. The third-order valence-corrected chi connectivity index (χ3v) is 2.97. The zero-order valence-corrected chi connectivity index (χ0v) is 12.6. The summed E-state index contributed by atoms with van der Waals surface area (Å²) in [5.74, 6) is 0.675. The quantitative estimate of drug-likeness (QED) is 0.554. The highest BCUT2D eigenvalue weighted by Gasteiger charge is 2.20. The third kappa shape index (κ3) is 4.23. The van der Waals surface area contributed by atoms with Crippen LogP contribution in [-0.4, -0.2) is 35.3 Å². The van der Waals surface area contributed by atoms with Crippen molar-refractivity contribution in [3.63, 3.8) is 0 Å². The molecule has 0 atom stereocenters. The van der Waals surface area contributed by atoms with Gasteiger partial charge in [-0.05, 0) is 13.3 Å². The van der Waals surface area contributed by atoms with Gasteiger partial charge in [-0.1, -0.05) is 20.3 Å². The van der Waals surface area contributed by atoms with Crippen LogP contribution >= 0.6 is 0 Å². The highest BCUT2D eigenvalue weighted by atomic mass is 16.5. The maximum Gasteiger partial charge on any atom is 0.360 e. The molecule has 1 rings (SSSR count). The Morgan fingerprint density at radius 1 is 1.30 bits per heavy atom. The SMILES string of the molecule is CCCCOCCn1c(CC)nc(C(=O)OCC)c1N. The van der Waals surface area contributed by atoms with Crippen molar-refractivity contribution in [3.8, 4) is 0 Å². The summed E-state index contributed by atoms with van der Waals surface area (Å²) in [5, 5.41) is 0. The molecule has 114 valence electrons. The van der Waals surface area contributed by atoms with Crippen molar-refractivity contribution in [1.29, 1.82) is 0 Å². The number of aryl methyl sites for hydroxylation is 1. The zero-order chi connectivity index (χ0) is 15.0. The van der Waals surface area contributed by atoms with Crippen molar-refractivity contribution in [2.75, 3.05) is 25.6 Å². The molecule has 1 aromatic heterocycles. The average Bonchev–Trinajstić information content (AvgIpc) is 2.76. The number of imidazole rings is 1. The number of nitrogen functional groups attached to an aromatic ring is 1. The zero-order valence-electron chi connectivity index (χ0n) is 12.6. The average molecular weight is 283 g/mol. The molecule has 6 nitrogen and oxygen atoms in total. The second-order valence-electron chi connectivity index (χ2n) is 4.45. The van der Waals surface area contributed by atoms with Gasteiger partial charge >= 0.3 is 5.97 Å². The fourth-order valence-corrected chi connectivity index (χ4v) is 1.89. The molecule has 0 spiro atoms. The van der Waals surface area contributed by atoms with Crippen molar-refractivity contribution < 1.29 is 14.3 Å². The number of unbranched alkanes of at least 4 members (excludes halogenated alkanes) is 1. The third-order valence-electron chi connectivity index (χ3n) is 2.97. The minimum absolute atomic E-state index is 0.206. The molecule has 1 heterocycles. The first-order chi connectivity index (χ1) is 9.65. The number of anilines is 1. The van der Waals surface area contributed by atoms with Crippen molar-refractivity contribution in [1.82, 2.24) is 9.55 Å². The van der Waals surface area contributed by atoms with Crippen LogP contribution in [0.25, 0.3) is 0 Å². The lowest BCUT2D eigenvalue weighted by molar-refractivity contribution is 0.0521. The summed E-state index contributed by atoms with van der Waals surface area (Å²) in [6.45, 7) is 8.08. The monoisotopic (exact) mass is 283 g/mol. The molecule has 0 bridgehead atoms.